The van der Waals surface area contributed by atoms with Gasteiger partial charge in [-0.2, -0.15) is 0 Å². The zero-order valence-corrected chi connectivity index (χ0v) is 13.1. The predicted molar refractivity (Wildman–Crippen MR) is 87.8 cm³/mol. The van der Waals surface area contributed by atoms with E-state index in [9.17, 15) is 4.79 Å². The number of benzene rings is 2. The van der Waals surface area contributed by atoms with E-state index in [-0.39, 0.29) is 12.0 Å². The zero-order valence-electron chi connectivity index (χ0n) is 13.1. The molecule has 0 atom stereocenters. The Morgan fingerprint density at radius 2 is 1.77 bits per heavy atom. The predicted octanol–water partition coefficient (Wildman–Crippen LogP) is 4.12. The highest BCUT2D eigenvalue weighted by Gasteiger charge is 2.10. The van der Waals surface area contributed by atoms with Crippen LogP contribution in [0.25, 0.3) is 0 Å². The van der Waals surface area contributed by atoms with Gasteiger partial charge in [0.25, 0.3) is 5.91 Å². The van der Waals surface area contributed by atoms with Crippen molar-refractivity contribution in [3.8, 4) is 11.5 Å². The Labute approximate surface area is 131 Å². The van der Waals surface area contributed by atoms with Gasteiger partial charge in [0, 0.05) is 5.56 Å². The summed E-state index contributed by atoms with van der Waals surface area (Å²) >= 11 is 0. The molecule has 0 spiro atoms. The number of hydrogen-bond acceptors (Lipinski definition) is 3. The van der Waals surface area contributed by atoms with Gasteiger partial charge >= 0.3 is 0 Å². The molecule has 0 aliphatic heterocycles. The molecule has 0 heterocycles. The van der Waals surface area contributed by atoms with E-state index in [4.69, 9.17) is 9.47 Å². The van der Waals surface area contributed by atoms with E-state index < -0.39 is 0 Å². The molecule has 4 heteroatoms. The largest absolute Gasteiger partial charge is 0.494 e. The van der Waals surface area contributed by atoms with E-state index in [2.05, 4.69) is 5.32 Å². The monoisotopic (exact) mass is 299 g/mol. The SMILES string of the molecule is CCOc1ccc(C(=O)Nc2ccccc2OC(C)C)cc1. The maximum atomic E-state index is 12.3. The van der Waals surface area contributed by atoms with Gasteiger partial charge < -0.3 is 14.8 Å². The Kier molecular flexibility index (Phi) is 5.42. The molecule has 0 fully saturated rings. The van der Waals surface area contributed by atoms with Crippen LogP contribution < -0.4 is 14.8 Å². The normalized spacial score (nSPS) is 10.4. The molecule has 0 unspecified atom stereocenters. The summed E-state index contributed by atoms with van der Waals surface area (Å²) in [6.45, 7) is 6.42. The summed E-state index contributed by atoms with van der Waals surface area (Å²) in [7, 11) is 0. The van der Waals surface area contributed by atoms with Crippen LogP contribution in [0.15, 0.2) is 48.5 Å². The molecule has 116 valence electrons. The molecule has 2 aromatic carbocycles. The minimum Gasteiger partial charge on any atom is -0.494 e. The van der Waals surface area contributed by atoms with Gasteiger partial charge in [-0.05, 0) is 57.2 Å². The molecular weight excluding hydrogens is 278 g/mol. The number of ether oxygens (including phenoxy) is 2. The fraction of sp³-hybridized carbons (Fsp3) is 0.278. The third-order valence-corrected chi connectivity index (χ3v) is 2.93. The Hall–Kier alpha value is -2.49. The lowest BCUT2D eigenvalue weighted by molar-refractivity contribution is 0.102. The number of carbonyl (C=O) groups is 1. The van der Waals surface area contributed by atoms with Crippen LogP contribution in [0.2, 0.25) is 0 Å². The van der Waals surface area contributed by atoms with E-state index in [1.54, 1.807) is 24.3 Å². The Bertz CT molecular complexity index is 620. The van der Waals surface area contributed by atoms with Crippen molar-refractivity contribution in [1.82, 2.24) is 0 Å². The van der Waals surface area contributed by atoms with Gasteiger partial charge in [-0.3, -0.25) is 4.79 Å². The van der Waals surface area contributed by atoms with Crippen LogP contribution in [0.1, 0.15) is 31.1 Å². The van der Waals surface area contributed by atoms with Crippen molar-refractivity contribution < 1.29 is 14.3 Å². The summed E-state index contributed by atoms with van der Waals surface area (Å²) < 4.78 is 11.1. The molecule has 1 N–H and O–H groups in total. The molecule has 22 heavy (non-hydrogen) atoms. The van der Waals surface area contributed by atoms with Gasteiger partial charge in [-0.15, -0.1) is 0 Å². The number of amides is 1. The second-order valence-corrected chi connectivity index (χ2v) is 5.07. The van der Waals surface area contributed by atoms with E-state index in [0.717, 1.165) is 5.75 Å². The zero-order chi connectivity index (χ0) is 15.9. The summed E-state index contributed by atoms with van der Waals surface area (Å²) in [5.74, 6) is 1.24. The van der Waals surface area contributed by atoms with Crippen LogP contribution in [0.3, 0.4) is 0 Å². The van der Waals surface area contributed by atoms with Gasteiger partial charge in [0.05, 0.1) is 18.4 Å². The third kappa shape index (κ3) is 4.25. The fourth-order valence-electron chi connectivity index (χ4n) is 1.99. The highest BCUT2D eigenvalue weighted by atomic mass is 16.5. The topological polar surface area (TPSA) is 47.6 Å². The molecule has 0 bridgehead atoms. The number of hydrogen-bond donors (Lipinski definition) is 1. The second kappa shape index (κ2) is 7.50. The van der Waals surface area contributed by atoms with Crippen molar-refractivity contribution in [1.29, 1.82) is 0 Å². The lowest BCUT2D eigenvalue weighted by atomic mass is 10.2. The minimum absolute atomic E-state index is 0.0449. The Morgan fingerprint density at radius 3 is 2.41 bits per heavy atom. The van der Waals surface area contributed by atoms with Crippen LogP contribution in [-0.2, 0) is 0 Å². The molecule has 1 amide bonds. The van der Waals surface area contributed by atoms with E-state index in [1.165, 1.54) is 0 Å². The van der Waals surface area contributed by atoms with Crippen molar-refractivity contribution in [3.63, 3.8) is 0 Å². The number of anilines is 1. The van der Waals surface area contributed by atoms with Crippen LogP contribution in [0, 0.1) is 0 Å². The molecule has 2 aromatic rings. The number of carbonyl (C=O) groups excluding carboxylic acids is 1. The number of rotatable bonds is 6. The van der Waals surface area contributed by atoms with E-state index in [0.29, 0.717) is 23.6 Å². The number of para-hydroxylation sites is 2. The van der Waals surface area contributed by atoms with Crippen molar-refractivity contribution in [2.24, 2.45) is 0 Å². The van der Waals surface area contributed by atoms with Gasteiger partial charge in [-0.25, -0.2) is 0 Å². The smallest absolute Gasteiger partial charge is 0.255 e. The highest BCUT2D eigenvalue weighted by molar-refractivity contribution is 6.05. The highest BCUT2D eigenvalue weighted by Crippen LogP contribution is 2.25. The third-order valence-electron chi connectivity index (χ3n) is 2.93. The second-order valence-electron chi connectivity index (χ2n) is 5.07. The lowest BCUT2D eigenvalue weighted by Crippen LogP contribution is -2.14. The standard InChI is InChI=1S/C18H21NO3/c1-4-21-15-11-9-14(10-12-15)18(20)19-16-7-5-6-8-17(16)22-13(2)3/h5-13H,4H2,1-3H3,(H,19,20). The number of nitrogens with one attached hydrogen (secondary N) is 1. The van der Waals surface area contributed by atoms with Crippen molar-refractivity contribution in [2.75, 3.05) is 11.9 Å². The van der Waals surface area contributed by atoms with Crippen molar-refractivity contribution in [3.05, 3.63) is 54.1 Å². The van der Waals surface area contributed by atoms with Gasteiger partial charge in [0.1, 0.15) is 11.5 Å². The summed E-state index contributed by atoms with van der Waals surface area (Å²) in [6.07, 6.45) is 0.0449. The van der Waals surface area contributed by atoms with Gasteiger partial charge in [0.15, 0.2) is 0 Å². The van der Waals surface area contributed by atoms with E-state index >= 15 is 0 Å². The van der Waals surface area contributed by atoms with Crippen LogP contribution >= 0.6 is 0 Å². The first kappa shape index (κ1) is 15.9. The maximum absolute atomic E-state index is 12.3. The van der Waals surface area contributed by atoms with E-state index in [1.807, 2.05) is 45.0 Å². The average molecular weight is 299 g/mol. The Balaban J connectivity index is 2.11. The van der Waals surface area contributed by atoms with Crippen LogP contribution in [-0.4, -0.2) is 18.6 Å². The first-order valence-corrected chi connectivity index (χ1v) is 7.40. The molecular formula is C18H21NO3. The molecule has 4 nitrogen and oxygen atoms in total. The summed E-state index contributed by atoms with van der Waals surface area (Å²) in [5, 5.41) is 2.88. The van der Waals surface area contributed by atoms with Gasteiger partial charge in [-0.1, -0.05) is 12.1 Å². The van der Waals surface area contributed by atoms with Crippen molar-refractivity contribution >= 4 is 11.6 Å². The van der Waals surface area contributed by atoms with Crippen LogP contribution in [0.5, 0.6) is 11.5 Å². The van der Waals surface area contributed by atoms with Crippen LogP contribution in [0.4, 0.5) is 5.69 Å². The van der Waals surface area contributed by atoms with Crippen molar-refractivity contribution in [2.45, 2.75) is 26.9 Å². The molecule has 0 aliphatic carbocycles. The molecule has 0 aromatic heterocycles. The first-order valence-electron chi connectivity index (χ1n) is 7.40. The van der Waals surface area contributed by atoms with Gasteiger partial charge in [0.2, 0.25) is 0 Å². The maximum Gasteiger partial charge on any atom is 0.255 e. The quantitative estimate of drug-likeness (QED) is 0.872. The molecule has 0 aliphatic rings. The minimum atomic E-state index is -0.178. The molecule has 2 rings (SSSR count). The lowest BCUT2D eigenvalue weighted by Gasteiger charge is -2.14. The molecule has 0 saturated carbocycles. The first-order chi connectivity index (χ1) is 10.6. The summed E-state index contributed by atoms with van der Waals surface area (Å²) in [5.41, 5.74) is 1.23. The summed E-state index contributed by atoms with van der Waals surface area (Å²) in [6, 6.07) is 14.5. The average Bonchev–Trinajstić information content (AvgIpc) is 2.50. The summed E-state index contributed by atoms with van der Waals surface area (Å²) in [4.78, 5) is 12.3. The Morgan fingerprint density at radius 1 is 1.09 bits per heavy atom. The fourth-order valence-corrected chi connectivity index (χ4v) is 1.99. The molecule has 0 radical (unpaired) electrons. The molecule has 0 saturated heterocycles.